The number of rotatable bonds is 4. The van der Waals surface area contributed by atoms with E-state index in [0.29, 0.717) is 13.0 Å². The molecule has 0 unspecified atom stereocenters. The maximum Gasteiger partial charge on any atom is 0.253 e. The standard InChI is InChI=1S/C5H10N2O3/c1-10-3-2-5(6)4-7(8)9/h4H,2-3,6H2,1H3. The van der Waals surface area contributed by atoms with Crippen LogP contribution in [0.25, 0.3) is 0 Å². The van der Waals surface area contributed by atoms with Crippen LogP contribution in [0, 0.1) is 10.1 Å². The van der Waals surface area contributed by atoms with E-state index >= 15 is 0 Å². The van der Waals surface area contributed by atoms with Crippen LogP contribution in [0.3, 0.4) is 0 Å². The second-order valence-electron chi connectivity index (χ2n) is 1.73. The molecule has 0 aromatic heterocycles. The number of nitro groups is 1. The summed E-state index contributed by atoms with van der Waals surface area (Å²) in [7, 11) is 1.51. The van der Waals surface area contributed by atoms with E-state index in [1.807, 2.05) is 0 Å². The van der Waals surface area contributed by atoms with Gasteiger partial charge in [-0.15, -0.1) is 0 Å². The summed E-state index contributed by atoms with van der Waals surface area (Å²) in [5.41, 5.74) is 5.43. The van der Waals surface area contributed by atoms with Gasteiger partial charge in [-0.1, -0.05) is 0 Å². The Balaban J connectivity index is 3.60. The highest BCUT2D eigenvalue weighted by Crippen LogP contribution is 1.91. The van der Waals surface area contributed by atoms with Crippen LogP contribution in [0.2, 0.25) is 0 Å². The molecular weight excluding hydrogens is 136 g/mol. The summed E-state index contributed by atoms with van der Waals surface area (Å²) >= 11 is 0. The summed E-state index contributed by atoms with van der Waals surface area (Å²) in [6.45, 7) is 0.413. The zero-order valence-electron chi connectivity index (χ0n) is 5.74. The number of hydrogen-bond acceptors (Lipinski definition) is 4. The lowest BCUT2D eigenvalue weighted by Gasteiger charge is -1.94. The van der Waals surface area contributed by atoms with Crippen molar-refractivity contribution in [2.45, 2.75) is 6.42 Å². The minimum absolute atomic E-state index is 0.229. The highest BCUT2D eigenvalue weighted by molar-refractivity contribution is 4.89. The van der Waals surface area contributed by atoms with E-state index in [4.69, 9.17) is 5.73 Å². The number of nitrogens with zero attached hydrogens (tertiary/aromatic N) is 1. The molecule has 0 radical (unpaired) electrons. The molecule has 2 N–H and O–H groups in total. The van der Waals surface area contributed by atoms with Crippen molar-refractivity contribution in [3.8, 4) is 0 Å². The lowest BCUT2D eigenvalue weighted by Crippen LogP contribution is -2.03. The predicted octanol–water partition coefficient (Wildman–Crippen LogP) is 0.0997. The monoisotopic (exact) mass is 146 g/mol. The molecule has 0 fully saturated rings. The van der Waals surface area contributed by atoms with Crippen molar-refractivity contribution in [2.75, 3.05) is 13.7 Å². The van der Waals surface area contributed by atoms with Gasteiger partial charge in [0.2, 0.25) is 0 Å². The number of nitrogens with two attached hydrogens (primary N) is 1. The fourth-order valence-electron chi connectivity index (χ4n) is 0.420. The Labute approximate surface area is 58.6 Å². The smallest absolute Gasteiger partial charge is 0.253 e. The predicted molar refractivity (Wildman–Crippen MR) is 35.8 cm³/mol. The first-order valence-corrected chi connectivity index (χ1v) is 2.75. The van der Waals surface area contributed by atoms with Gasteiger partial charge in [0.05, 0.1) is 17.2 Å². The summed E-state index contributed by atoms with van der Waals surface area (Å²) in [4.78, 5) is 9.20. The van der Waals surface area contributed by atoms with Crippen molar-refractivity contribution in [3.63, 3.8) is 0 Å². The maximum atomic E-state index is 9.78. The average Bonchev–Trinajstić information content (AvgIpc) is 1.82. The summed E-state index contributed by atoms with van der Waals surface area (Å²) in [6.07, 6.45) is 1.18. The first kappa shape index (κ1) is 8.90. The molecule has 0 aliphatic rings. The number of hydrogen-bond donors (Lipinski definition) is 1. The fraction of sp³-hybridized carbons (Fsp3) is 0.600. The maximum absolute atomic E-state index is 9.78. The van der Waals surface area contributed by atoms with Crippen LogP contribution in [-0.2, 0) is 4.74 Å². The third kappa shape index (κ3) is 5.04. The SMILES string of the molecule is COCCC(N)=C[N+](=O)[O-]. The van der Waals surface area contributed by atoms with E-state index < -0.39 is 4.92 Å². The molecule has 5 nitrogen and oxygen atoms in total. The molecule has 0 aromatic carbocycles. The molecule has 0 saturated heterocycles. The minimum atomic E-state index is -0.578. The topological polar surface area (TPSA) is 78.4 Å². The third-order valence-corrected chi connectivity index (χ3v) is 0.866. The van der Waals surface area contributed by atoms with Crippen molar-refractivity contribution >= 4 is 0 Å². The summed E-state index contributed by atoms with van der Waals surface area (Å²) in [5.74, 6) is 0. The van der Waals surface area contributed by atoms with Gasteiger partial charge in [-0.3, -0.25) is 10.1 Å². The zero-order chi connectivity index (χ0) is 7.98. The Bertz CT molecular complexity index is 144. The Kier molecular flexibility index (Phi) is 4.23. The Hall–Kier alpha value is -1.10. The van der Waals surface area contributed by atoms with Gasteiger partial charge in [-0.05, 0) is 0 Å². The molecule has 0 rings (SSSR count). The second-order valence-corrected chi connectivity index (χ2v) is 1.73. The van der Waals surface area contributed by atoms with E-state index in [9.17, 15) is 10.1 Å². The molecular formula is C5H10N2O3. The van der Waals surface area contributed by atoms with Crippen LogP contribution in [0.15, 0.2) is 11.9 Å². The van der Waals surface area contributed by atoms with Gasteiger partial charge in [0.1, 0.15) is 0 Å². The molecule has 0 aliphatic heterocycles. The molecule has 0 atom stereocenters. The quantitative estimate of drug-likeness (QED) is 0.450. The molecule has 0 bridgehead atoms. The summed E-state index contributed by atoms with van der Waals surface area (Å²) < 4.78 is 4.65. The molecule has 10 heavy (non-hydrogen) atoms. The van der Waals surface area contributed by atoms with Gasteiger partial charge < -0.3 is 10.5 Å². The minimum Gasteiger partial charge on any atom is -0.397 e. The van der Waals surface area contributed by atoms with E-state index in [0.717, 1.165) is 6.20 Å². The normalized spacial score (nSPS) is 11.5. The molecule has 0 saturated carbocycles. The van der Waals surface area contributed by atoms with Gasteiger partial charge in [0.15, 0.2) is 0 Å². The molecule has 0 aliphatic carbocycles. The fourth-order valence-corrected chi connectivity index (χ4v) is 0.420. The lowest BCUT2D eigenvalue weighted by atomic mass is 10.4. The van der Waals surface area contributed by atoms with Crippen molar-refractivity contribution in [1.29, 1.82) is 0 Å². The van der Waals surface area contributed by atoms with E-state index in [1.165, 1.54) is 7.11 Å². The van der Waals surface area contributed by atoms with E-state index in [-0.39, 0.29) is 5.70 Å². The van der Waals surface area contributed by atoms with Gasteiger partial charge in [0.25, 0.3) is 6.20 Å². The number of ether oxygens (including phenoxy) is 1. The van der Waals surface area contributed by atoms with Crippen molar-refractivity contribution < 1.29 is 9.66 Å². The molecule has 58 valence electrons. The van der Waals surface area contributed by atoms with Gasteiger partial charge in [-0.2, -0.15) is 0 Å². The summed E-state index contributed by atoms with van der Waals surface area (Å²) in [5, 5.41) is 9.78. The van der Waals surface area contributed by atoms with Crippen LogP contribution in [-0.4, -0.2) is 18.6 Å². The Morgan fingerprint density at radius 2 is 2.50 bits per heavy atom. The van der Waals surface area contributed by atoms with Gasteiger partial charge >= 0.3 is 0 Å². The summed E-state index contributed by atoms with van der Waals surface area (Å²) in [6, 6.07) is 0. The largest absolute Gasteiger partial charge is 0.397 e. The highest BCUT2D eigenvalue weighted by Gasteiger charge is 1.95. The average molecular weight is 146 g/mol. The lowest BCUT2D eigenvalue weighted by molar-refractivity contribution is -0.403. The molecule has 0 spiro atoms. The second kappa shape index (κ2) is 4.75. The van der Waals surface area contributed by atoms with E-state index in [1.54, 1.807) is 0 Å². The van der Waals surface area contributed by atoms with Crippen molar-refractivity contribution in [2.24, 2.45) is 5.73 Å². The van der Waals surface area contributed by atoms with Crippen LogP contribution in [0.5, 0.6) is 0 Å². The third-order valence-electron chi connectivity index (χ3n) is 0.866. The van der Waals surface area contributed by atoms with Crippen LogP contribution >= 0.6 is 0 Å². The van der Waals surface area contributed by atoms with Crippen LogP contribution < -0.4 is 5.73 Å². The molecule has 0 heterocycles. The Morgan fingerprint density at radius 3 is 2.90 bits per heavy atom. The van der Waals surface area contributed by atoms with Gasteiger partial charge in [0, 0.05) is 13.5 Å². The molecule has 0 aromatic rings. The highest BCUT2D eigenvalue weighted by atomic mass is 16.6. The molecule has 5 heteroatoms. The van der Waals surface area contributed by atoms with E-state index in [2.05, 4.69) is 4.74 Å². The molecule has 0 amide bonds. The first-order valence-electron chi connectivity index (χ1n) is 2.75. The first-order chi connectivity index (χ1) is 4.66. The Morgan fingerprint density at radius 1 is 1.90 bits per heavy atom. The van der Waals surface area contributed by atoms with Gasteiger partial charge in [-0.25, -0.2) is 0 Å². The van der Waals surface area contributed by atoms with Crippen molar-refractivity contribution in [1.82, 2.24) is 0 Å². The van der Waals surface area contributed by atoms with Crippen LogP contribution in [0.1, 0.15) is 6.42 Å². The van der Waals surface area contributed by atoms with Crippen molar-refractivity contribution in [3.05, 3.63) is 22.0 Å². The zero-order valence-corrected chi connectivity index (χ0v) is 5.74. The van der Waals surface area contributed by atoms with Crippen LogP contribution in [0.4, 0.5) is 0 Å². The number of methoxy groups -OCH3 is 1.